The van der Waals surface area contributed by atoms with Crippen molar-refractivity contribution in [3.63, 3.8) is 0 Å². The smallest absolute Gasteiger partial charge is 0.308 e. The van der Waals surface area contributed by atoms with Crippen LogP contribution < -0.4 is 0 Å². The van der Waals surface area contributed by atoms with E-state index in [-0.39, 0.29) is 67.0 Å². The number of hydrogen-bond acceptors (Lipinski definition) is 2. The van der Waals surface area contributed by atoms with Crippen LogP contribution >= 0.6 is 0 Å². The van der Waals surface area contributed by atoms with E-state index >= 15 is 0 Å². The first kappa shape index (κ1) is 52.6. The van der Waals surface area contributed by atoms with E-state index in [0.29, 0.717) is 54.7 Å². The summed E-state index contributed by atoms with van der Waals surface area (Å²) in [7, 11) is 0. The first-order valence-corrected chi connectivity index (χ1v) is 25.0. The van der Waals surface area contributed by atoms with Crippen molar-refractivity contribution < 1.29 is 52.7 Å². The normalized spacial score (nSPS) is 12.4. The Labute approximate surface area is 457 Å². The van der Waals surface area contributed by atoms with E-state index in [9.17, 15) is 63.2 Å². The van der Waals surface area contributed by atoms with Gasteiger partial charge in [0, 0.05) is 21.5 Å². The zero-order chi connectivity index (χ0) is 57.6. The van der Waals surface area contributed by atoms with Crippen LogP contribution in [0.25, 0.3) is 111 Å². The van der Waals surface area contributed by atoms with Gasteiger partial charge in [0.05, 0.1) is 66.8 Å². The van der Waals surface area contributed by atoms with Crippen LogP contribution in [0.15, 0.2) is 206 Å². The molecule has 402 valence electrons. The topological polar surface area (TPSA) is 57.4 Å². The van der Waals surface area contributed by atoms with Crippen molar-refractivity contribution in [2.45, 2.75) is 24.7 Å². The standard InChI is InChI=1S/C66H34F12N4/c67-63(68,69)53-13-5-1-9-45(53)39-21-25-57-49(29-39)50-30-40(46-10-2-6-14-54(46)64(70,71)72)22-26-58(50)81(57)61-33-37(17-19-43(61)35-79)38-18-20-44(36-80)62(34-38)82-59-27-23-41(47-11-3-7-15-55(47)65(73,74)75)31-51(59)52-32-42(24-28-60(52)82)48-12-4-8-16-56(48)66(76,77)78/h1-34H. The van der Waals surface area contributed by atoms with Crippen molar-refractivity contribution in [2.75, 3.05) is 0 Å². The fourth-order valence-electron chi connectivity index (χ4n) is 11.1. The van der Waals surface area contributed by atoms with Gasteiger partial charge in [-0.05, 0) is 153 Å². The molecule has 0 unspecified atom stereocenters. The van der Waals surface area contributed by atoms with Crippen LogP contribution in [0.5, 0.6) is 0 Å². The van der Waals surface area contributed by atoms with Crippen LogP contribution in [0.2, 0.25) is 0 Å². The Morgan fingerprint density at radius 3 is 0.732 bits per heavy atom. The maximum Gasteiger partial charge on any atom is 0.417 e. The van der Waals surface area contributed by atoms with Gasteiger partial charge >= 0.3 is 24.7 Å². The molecule has 0 N–H and O–H groups in total. The molecule has 0 aliphatic rings. The molecular weight excluding hydrogens is 1080 g/mol. The van der Waals surface area contributed by atoms with Crippen LogP contribution in [-0.2, 0) is 24.7 Å². The Balaban J connectivity index is 1.07. The second kappa shape index (κ2) is 19.3. The average molecular weight is 1110 g/mol. The van der Waals surface area contributed by atoms with E-state index in [4.69, 9.17) is 0 Å². The van der Waals surface area contributed by atoms with Gasteiger partial charge in [-0.15, -0.1) is 0 Å². The highest BCUT2D eigenvalue weighted by molar-refractivity contribution is 6.13. The molecule has 12 aromatic rings. The highest BCUT2D eigenvalue weighted by Crippen LogP contribution is 2.47. The van der Waals surface area contributed by atoms with Gasteiger partial charge in [-0.3, -0.25) is 0 Å². The van der Waals surface area contributed by atoms with Crippen LogP contribution in [0.3, 0.4) is 0 Å². The van der Waals surface area contributed by atoms with Gasteiger partial charge < -0.3 is 9.13 Å². The Morgan fingerprint density at radius 2 is 0.500 bits per heavy atom. The highest BCUT2D eigenvalue weighted by Gasteiger charge is 2.37. The minimum Gasteiger partial charge on any atom is -0.308 e. The summed E-state index contributed by atoms with van der Waals surface area (Å²) in [6.45, 7) is 0. The third-order valence-corrected chi connectivity index (χ3v) is 14.8. The summed E-state index contributed by atoms with van der Waals surface area (Å²) in [5.74, 6) is 0. The van der Waals surface area contributed by atoms with Crippen molar-refractivity contribution in [3.05, 3.63) is 240 Å². The number of aromatic nitrogens is 2. The number of hydrogen-bond donors (Lipinski definition) is 0. The summed E-state index contributed by atoms with van der Waals surface area (Å²) in [4.78, 5) is 0. The molecule has 0 saturated carbocycles. The average Bonchev–Trinajstić information content (AvgIpc) is 4.21. The molecule has 10 aromatic carbocycles. The molecule has 0 amide bonds. The first-order chi connectivity index (χ1) is 39.1. The Hall–Kier alpha value is -10.1. The van der Waals surface area contributed by atoms with Gasteiger partial charge in [0.1, 0.15) is 12.1 Å². The molecule has 0 saturated heterocycles. The van der Waals surface area contributed by atoms with Gasteiger partial charge in [0.2, 0.25) is 0 Å². The van der Waals surface area contributed by atoms with Crippen LogP contribution in [0, 0.1) is 22.7 Å². The number of nitrogens with zero attached hydrogens (tertiary/aromatic N) is 4. The Morgan fingerprint density at radius 1 is 0.268 bits per heavy atom. The van der Waals surface area contributed by atoms with E-state index in [0.717, 1.165) is 24.3 Å². The van der Waals surface area contributed by atoms with Gasteiger partial charge in [0.25, 0.3) is 0 Å². The maximum absolute atomic E-state index is 14.5. The fourth-order valence-corrected chi connectivity index (χ4v) is 11.1. The lowest BCUT2D eigenvalue weighted by atomic mass is 9.96. The number of rotatable bonds is 7. The molecule has 12 rings (SSSR count). The summed E-state index contributed by atoms with van der Waals surface area (Å²) in [6.07, 6.45) is -19.0. The molecule has 0 aliphatic heterocycles. The quantitative estimate of drug-likeness (QED) is 0.149. The lowest BCUT2D eigenvalue weighted by molar-refractivity contribution is -0.137. The largest absolute Gasteiger partial charge is 0.417 e. The third kappa shape index (κ3) is 9.02. The second-order valence-corrected chi connectivity index (χ2v) is 19.5. The third-order valence-electron chi connectivity index (χ3n) is 14.8. The molecule has 16 heteroatoms. The first-order valence-electron chi connectivity index (χ1n) is 25.0. The molecule has 2 heterocycles. The summed E-state index contributed by atoms with van der Waals surface area (Å²) in [5, 5.41) is 22.9. The van der Waals surface area contributed by atoms with Gasteiger partial charge in [-0.25, -0.2) is 0 Å². The van der Waals surface area contributed by atoms with Crippen LogP contribution in [0.1, 0.15) is 33.4 Å². The zero-order valence-corrected chi connectivity index (χ0v) is 42.0. The Bertz CT molecular complexity index is 4150. The molecule has 0 atom stereocenters. The van der Waals surface area contributed by atoms with E-state index in [2.05, 4.69) is 12.1 Å². The van der Waals surface area contributed by atoms with Gasteiger partial charge in [0.15, 0.2) is 0 Å². The van der Waals surface area contributed by atoms with Crippen molar-refractivity contribution in [1.29, 1.82) is 10.5 Å². The fraction of sp³-hybridized carbons (Fsp3) is 0.0606. The van der Waals surface area contributed by atoms with E-state index in [1.165, 1.54) is 121 Å². The van der Waals surface area contributed by atoms with E-state index in [1.54, 1.807) is 69.8 Å². The number of benzene rings is 10. The van der Waals surface area contributed by atoms with Crippen molar-refractivity contribution in [3.8, 4) is 79.1 Å². The van der Waals surface area contributed by atoms with Crippen LogP contribution in [0.4, 0.5) is 52.7 Å². The summed E-state index contributed by atoms with van der Waals surface area (Å²) >= 11 is 0. The number of fused-ring (bicyclic) bond motifs is 6. The molecule has 0 spiro atoms. The van der Waals surface area contributed by atoms with Crippen LogP contribution in [-0.4, -0.2) is 9.13 Å². The number of alkyl halides is 12. The van der Waals surface area contributed by atoms with Crippen molar-refractivity contribution in [1.82, 2.24) is 9.13 Å². The lowest BCUT2D eigenvalue weighted by Crippen LogP contribution is -2.06. The number of halogens is 12. The molecule has 0 fully saturated rings. The predicted molar refractivity (Wildman–Crippen MR) is 292 cm³/mol. The molecule has 0 bridgehead atoms. The maximum atomic E-state index is 14.5. The summed E-state index contributed by atoms with van der Waals surface area (Å²) in [6, 6.07) is 52.6. The molecule has 0 aliphatic carbocycles. The second-order valence-electron chi connectivity index (χ2n) is 19.5. The van der Waals surface area contributed by atoms with Crippen molar-refractivity contribution >= 4 is 43.6 Å². The van der Waals surface area contributed by atoms with Gasteiger partial charge in [-0.1, -0.05) is 109 Å². The summed E-state index contributed by atoms with van der Waals surface area (Å²) < 4.78 is 177. The van der Waals surface area contributed by atoms with E-state index < -0.39 is 47.0 Å². The van der Waals surface area contributed by atoms with Crippen molar-refractivity contribution in [2.24, 2.45) is 0 Å². The minimum atomic E-state index is -4.74. The molecular formula is C66H34F12N4. The molecule has 82 heavy (non-hydrogen) atoms. The van der Waals surface area contributed by atoms with Gasteiger partial charge in [-0.2, -0.15) is 63.2 Å². The zero-order valence-electron chi connectivity index (χ0n) is 42.0. The lowest BCUT2D eigenvalue weighted by Gasteiger charge is -2.16. The SMILES string of the molecule is N#Cc1ccc(-c2ccc(C#N)c(-n3c4ccc(-c5ccccc5C(F)(F)F)cc4c4cc(-c5ccccc5C(F)(F)F)ccc43)c2)cc1-n1c2ccc(-c3ccccc3C(F)(F)F)cc2c2cc(-c3ccccc3C(F)(F)F)ccc21. The molecule has 2 aromatic heterocycles. The van der Waals surface area contributed by atoms with E-state index in [1.807, 2.05) is 0 Å². The number of nitriles is 2. The summed E-state index contributed by atoms with van der Waals surface area (Å²) in [5.41, 5.74) is -0.273. The Kier molecular flexibility index (Phi) is 12.4. The molecule has 4 nitrogen and oxygen atoms in total. The minimum absolute atomic E-state index is 0.127. The monoisotopic (exact) mass is 1110 g/mol. The highest BCUT2D eigenvalue weighted by atomic mass is 19.4. The molecule has 0 radical (unpaired) electrons. The predicted octanol–water partition coefficient (Wildman–Crippen LogP) is 20.0.